The second kappa shape index (κ2) is 8.64. The molecule has 0 fully saturated rings. The van der Waals surface area contributed by atoms with Gasteiger partial charge in [-0.05, 0) is 76.9 Å². The molecule has 0 radical (unpaired) electrons. The van der Waals surface area contributed by atoms with Crippen molar-refractivity contribution in [2.75, 3.05) is 4.90 Å². The molecule has 0 amide bonds. The number of rotatable bonds is 3. The highest BCUT2D eigenvalue weighted by Crippen LogP contribution is 2.56. The SMILES string of the molecule is CC1(C)c2ccccc2-c2ccc3c(c21)c1cc(N(c2ccccc2)c2ccccc2)cc2c1n3-c1ccccc1S2. The fourth-order valence-corrected chi connectivity index (χ4v) is 8.49. The van der Waals surface area contributed by atoms with Crippen LogP contribution in [0.15, 0.2) is 143 Å². The molecule has 0 atom stereocenters. The van der Waals surface area contributed by atoms with Gasteiger partial charge in [0.2, 0.25) is 0 Å². The first kappa shape index (κ1) is 23.9. The van der Waals surface area contributed by atoms with E-state index < -0.39 is 0 Å². The van der Waals surface area contributed by atoms with E-state index in [0.717, 1.165) is 11.4 Å². The maximum atomic E-state index is 2.52. The van der Waals surface area contributed by atoms with Gasteiger partial charge in [-0.2, -0.15) is 0 Å². The lowest BCUT2D eigenvalue weighted by molar-refractivity contribution is 0.666. The van der Waals surface area contributed by atoms with E-state index in [1.807, 2.05) is 11.8 Å². The van der Waals surface area contributed by atoms with Crippen LogP contribution in [-0.2, 0) is 5.41 Å². The predicted molar refractivity (Wildman–Crippen MR) is 177 cm³/mol. The molecule has 0 saturated carbocycles. The minimum absolute atomic E-state index is 0.111. The third kappa shape index (κ3) is 3.17. The summed E-state index contributed by atoms with van der Waals surface area (Å²) in [6.45, 7) is 4.79. The highest BCUT2D eigenvalue weighted by atomic mass is 32.2. The van der Waals surface area contributed by atoms with Crippen molar-refractivity contribution >= 4 is 50.6 Å². The zero-order chi connectivity index (χ0) is 28.0. The summed E-state index contributed by atoms with van der Waals surface area (Å²) in [5.41, 5.74) is 12.8. The van der Waals surface area contributed by atoms with E-state index >= 15 is 0 Å². The lowest BCUT2D eigenvalue weighted by Gasteiger charge is -2.27. The van der Waals surface area contributed by atoms with Gasteiger partial charge in [-0.25, -0.2) is 0 Å². The molecule has 0 N–H and O–H groups in total. The molecule has 6 aromatic carbocycles. The van der Waals surface area contributed by atoms with Crippen LogP contribution in [-0.4, -0.2) is 4.57 Å². The van der Waals surface area contributed by atoms with Gasteiger partial charge in [-0.1, -0.05) is 104 Å². The minimum Gasteiger partial charge on any atom is -0.310 e. The molecule has 9 rings (SSSR count). The topological polar surface area (TPSA) is 8.17 Å². The smallest absolute Gasteiger partial charge is 0.0682 e. The molecule has 3 heteroatoms. The number of hydrogen-bond acceptors (Lipinski definition) is 2. The molecule has 0 saturated heterocycles. The molecule has 2 aliphatic rings. The Hall–Kier alpha value is -4.73. The largest absolute Gasteiger partial charge is 0.310 e. The van der Waals surface area contributed by atoms with Gasteiger partial charge in [0.15, 0.2) is 0 Å². The lowest BCUT2D eigenvalue weighted by atomic mass is 9.80. The Balaban J connectivity index is 1.44. The highest BCUT2D eigenvalue weighted by molar-refractivity contribution is 7.99. The average Bonchev–Trinajstić information content (AvgIpc) is 3.48. The van der Waals surface area contributed by atoms with Crippen molar-refractivity contribution < 1.29 is 0 Å². The summed E-state index contributed by atoms with van der Waals surface area (Å²) in [5, 5.41) is 2.68. The first-order chi connectivity index (χ1) is 20.6. The molecule has 0 bridgehead atoms. The summed E-state index contributed by atoms with van der Waals surface area (Å²) in [6.07, 6.45) is 0. The quantitative estimate of drug-likeness (QED) is 0.214. The van der Waals surface area contributed by atoms with Gasteiger partial charge in [0.1, 0.15) is 0 Å². The monoisotopic (exact) mass is 556 g/mol. The van der Waals surface area contributed by atoms with Gasteiger partial charge < -0.3 is 9.47 Å². The zero-order valence-electron chi connectivity index (χ0n) is 23.5. The molecule has 42 heavy (non-hydrogen) atoms. The van der Waals surface area contributed by atoms with Gasteiger partial charge in [0, 0.05) is 43.0 Å². The Morgan fingerprint density at radius 3 is 2.02 bits per heavy atom. The van der Waals surface area contributed by atoms with E-state index in [-0.39, 0.29) is 5.41 Å². The fourth-order valence-electron chi connectivity index (χ4n) is 7.36. The first-order valence-corrected chi connectivity index (χ1v) is 15.4. The van der Waals surface area contributed by atoms with Crippen molar-refractivity contribution in [1.29, 1.82) is 0 Å². The van der Waals surface area contributed by atoms with Crippen molar-refractivity contribution in [3.63, 3.8) is 0 Å². The van der Waals surface area contributed by atoms with Crippen molar-refractivity contribution in [2.24, 2.45) is 0 Å². The molecule has 7 aromatic rings. The van der Waals surface area contributed by atoms with Crippen LogP contribution in [0.2, 0.25) is 0 Å². The van der Waals surface area contributed by atoms with E-state index in [1.165, 1.54) is 65.2 Å². The Bertz CT molecular complexity index is 2150. The Kier molecular flexibility index (Phi) is 4.92. The number of para-hydroxylation sites is 3. The summed E-state index contributed by atoms with van der Waals surface area (Å²) in [5.74, 6) is 0. The highest BCUT2D eigenvalue weighted by Gasteiger charge is 2.39. The predicted octanol–water partition coefficient (Wildman–Crippen LogP) is 11.0. The standard InChI is InChI=1S/C39H28N2S/c1-39(2)31-18-10-9-17-28(31)29-21-22-33-36(37(29)39)30-23-27(24-35-38(30)41(33)32-19-11-12-20-34(32)42-35)40(25-13-5-3-6-14-25)26-15-7-4-8-16-26/h3-24H,1-2H3. The average molecular weight is 557 g/mol. The van der Waals surface area contributed by atoms with E-state index in [2.05, 4.69) is 157 Å². The van der Waals surface area contributed by atoms with Crippen LogP contribution in [0.5, 0.6) is 0 Å². The fraction of sp³-hybridized carbons (Fsp3) is 0.0769. The third-order valence-electron chi connectivity index (χ3n) is 9.11. The van der Waals surface area contributed by atoms with Crippen LogP contribution >= 0.6 is 11.8 Å². The van der Waals surface area contributed by atoms with Crippen LogP contribution < -0.4 is 4.90 Å². The minimum atomic E-state index is -0.111. The molecular weight excluding hydrogens is 529 g/mol. The summed E-state index contributed by atoms with van der Waals surface area (Å²) >= 11 is 1.89. The molecule has 0 spiro atoms. The number of hydrogen-bond donors (Lipinski definition) is 0. The van der Waals surface area contributed by atoms with Gasteiger partial charge >= 0.3 is 0 Å². The van der Waals surface area contributed by atoms with Crippen molar-refractivity contribution in [3.05, 3.63) is 145 Å². The molecule has 1 aromatic heterocycles. The molecular formula is C39H28N2S. The molecule has 2 heterocycles. The Labute approximate surface area is 249 Å². The summed E-state index contributed by atoms with van der Waals surface area (Å²) < 4.78 is 2.52. The molecule has 0 unspecified atom stereocenters. The lowest BCUT2D eigenvalue weighted by Crippen LogP contribution is -2.15. The van der Waals surface area contributed by atoms with Gasteiger partial charge in [-0.3, -0.25) is 0 Å². The second-order valence-electron chi connectivity index (χ2n) is 11.8. The van der Waals surface area contributed by atoms with Crippen molar-refractivity contribution in [3.8, 4) is 16.8 Å². The molecule has 1 aliphatic heterocycles. The van der Waals surface area contributed by atoms with E-state index in [4.69, 9.17) is 0 Å². The van der Waals surface area contributed by atoms with E-state index in [1.54, 1.807) is 0 Å². The Morgan fingerprint density at radius 2 is 1.26 bits per heavy atom. The maximum absolute atomic E-state index is 2.52. The second-order valence-corrected chi connectivity index (χ2v) is 12.9. The maximum Gasteiger partial charge on any atom is 0.0682 e. The van der Waals surface area contributed by atoms with Crippen LogP contribution in [0.3, 0.4) is 0 Å². The number of fused-ring (bicyclic) bond motifs is 9. The molecule has 1 aliphatic carbocycles. The Morgan fingerprint density at radius 1 is 0.595 bits per heavy atom. The van der Waals surface area contributed by atoms with Gasteiger partial charge in [0.25, 0.3) is 0 Å². The third-order valence-corrected chi connectivity index (χ3v) is 10.2. The summed E-state index contributed by atoms with van der Waals surface area (Å²) in [7, 11) is 0. The number of aromatic nitrogens is 1. The van der Waals surface area contributed by atoms with Crippen LogP contribution in [0, 0.1) is 0 Å². The van der Waals surface area contributed by atoms with E-state index in [9.17, 15) is 0 Å². The van der Waals surface area contributed by atoms with Crippen LogP contribution in [0.4, 0.5) is 17.1 Å². The van der Waals surface area contributed by atoms with Gasteiger partial charge in [-0.15, -0.1) is 0 Å². The molecule has 2 nitrogen and oxygen atoms in total. The normalized spacial score (nSPS) is 14.0. The number of anilines is 3. The van der Waals surface area contributed by atoms with Gasteiger partial charge in [0.05, 0.1) is 16.7 Å². The zero-order valence-corrected chi connectivity index (χ0v) is 24.3. The summed E-state index contributed by atoms with van der Waals surface area (Å²) in [4.78, 5) is 4.97. The van der Waals surface area contributed by atoms with Crippen LogP contribution in [0.25, 0.3) is 38.6 Å². The number of nitrogens with zero attached hydrogens (tertiary/aromatic N) is 2. The van der Waals surface area contributed by atoms with E-state index in [0.29, 0.717) is 0 Å². The van der Waals surface area contributed by atoms with Crippen molar-refractivity contribution in [1.82, 2.24) is 4.57 Å². The molecule has 200 valence electrons. The van der Waals surface area contributed by atoms with Crippen molar-refractivity contribution in [2.45, 2.75) is 29.1 Å². The summed E-state index contributed by atoms with van der Waals surface area (Å²) in [6, 6.07) is 48.8. The number of benzene rings is 6. The first-order valence-electron chi connectivity index (χ1n) is 14.5. The van der Waals surface area contributed by atoms with Crippen LogP contribution in [0.1, 0.15) is 25.0 Å².